The number of aryl methyl sites for hydroxylation is 2. The predicted molar refractivity (Wildman–Crippen MR) is 76.6 cm³/mol. The molecule has 1 aromatic heterocycles. The van der Waals surface area contributed by atoms with Gasteiger partial charge < -0.3 is 15.4 Å². The highest BCUT2D eigenvalue weighted by Gasteiger charge is 2.24. The van der Waals surface area contributed by atoms with E-state index in [1.54, 1.807) is 13.8 Å². The van der Waals surface area contributed by atoms with Gasteiger partial charge in [-0.1, -0.05) is 6.92 Å². The Labute approximate surface area is 118 Å². The van der Waals surface area contributed by atoms with Gasteiger partial charge in [0.15, 0.2) is 0 Å². The molecule has 0 fully saturated rings. The van der Waals surface area contributed by atoms with E-state index in [0.717, 1.165) is 12.0 Å². The molecule has 0 spiro atoms. The van der Waals surface area contributed by atoms with Crippen LogP contribution in [-0.2, 0) is 11.2 Å². The minimum Gasteiger partial charge on any atom is -0.396 e. The van der Waals surface area contributed by atoms with Gasteiger partial charge in [0.2, 0.25) is 5.91 Å². The van der Waals surface area contributed by atoms with E-state index in [0.29, 0.717) is 17.8 Å². The van der Waals surface area contributed by atoms with Crippen LogP contribution >= 0.6 is 0 Å². The summed E-state index contributed by atoms with van der Waals surface area (Å²) in [6.07, 6.45) is 1.42. The fourth-order valence-corrected chi connectivity index (χ4v) is 2.13. The fourth-order valence-electron chi connectivity index (χ4n) is 2.13. The van der Waals surface area contributed by atoms with Gasteiger partial charge in [0.1, 0.15) is 0 Å². The lowest BCUT2D eigenvalue weighted by Crippen LogP contribution is -2.47. The normalized spacial score (nSPS) is 13.8. The number of carbonyl (C=O) groups excluding carboxylic acids is 1. The van der Waals surface area contributed by atoms with Crippen LogP contribution in [0, 0.1) is 13.8 Å². The number of aromatic amines is 1. The molecule has 6 nitrogen and oxygen atoms in total. The smallest absolute Gasteiger partial charge is 0.345 e. The molecule has 0 bridgehead atoms. The number of carbonyl (C=O) groups is 1. The summed E-state index contributed by atoms with van der Waals surface area (Å²) in [6.45, 7) is 7.38. The first-order chi connectivity index (χ1) is 9.31. The number of aliphatic hydroxyl groups excluding tert-OH is 1. The first-order valence-corrected chi connectivity index (χ1v) is 6.79. The van der Waals surface area contributed by atoms with E-state index in [2.05, 4.69) is 15.3 Å². The third kappa shape index (κ3) is 4.16. The summed E-state index contributed by atoms with van der Waals surface area (Å²) in [4.78, 5) is 29.8. The van der Waals surface area contributed by atoms with Gasteiger partial charge in [-0.2, -0.15) is 4.98 Å². The van der Waals surface area contributed by atoms with Crippen molar-refractivity contribution in [3.05, 3.63) is 27.4 Å². The minimum atomic E-state index is -0.413. The number of nitrogens with zero attached hydrogens (tertiary/aromatic N) is 1. The molecule has 0 aliphatic carbocycles. The zero-order chi connectivity index (χ0) is 15.3. The third-order valence-electron chi connectivity index (χ3n) is 3.68. The second-order valence-electron chi connectivity index (χ2n) is 5.34. The van der Waals surface area contributed by atoms with Gasteiger partial charge in [0.05, 0.1) is 6.42 Å². The van der Waals surface area contributed by atoms with Crippen molar-refractivity contribution < 1.29 is 9.90 Å². The summed E-state index contributed by atoms with van der Waals surface area (Å²) < 4.78 is 0. The number of hydrogen-bond acceptors (Lipinski definition) is 4. The number of hydrogen-bond donors (Lipinski definition) is 3. The molecule has 0 aliphatic heterocycles. The van der Waals surface area contributed by atoms with Crippen molar-refractivity contribution in [1.82, 2.24) is 15.3 Å². The maximum atomic E-state index is 12.1. The van der Waals surface area contributed by atoms with Crippen LogP contribution in [0.2, 0.25) is 0 Å². The largest absolute Gasteiger partial charge is 0.396 e. The Morgan fingerprint density at radius 2 is 2.10 bits per heavy atom. The number of amides is 1. The Morgan fingerprint density at radius 3 is 2.60 bits per heavy atom. The van der Waals surface area contributed by atoms with Crippen LogP contribution in [0.15, 0.2) is 4.79 Å². The van der Waals surface area contributed by atoms with E-state index in [1.807, 2.05) is 13.8 Å². The summed E-state index contributed by atoms with van der Waals surface area (Å²) in [5.41, 5.74) is 1.16. The zero-order valence-corrected chi connectivity index (χ0v) is 12.5. The van der Waals surface area contributed by atoms with Gasteiger partial charge in [-0.25, -0.2) is 4.79 Å². The van der Waals surface area contributed by atoms with Crippen molar-refractivity contribution in [2.45, 2.75) is 52.5 Å². The average Bonchev–Trinajstić information content (AvgIpc) is 2.34. The van der Waals surface area contributed by atoms with Crippen LogP contribution < -0.4 is 11.0 Å². The van der Waals surface area contributed by atoms with Gasteiger partial charge in [0, 0.05) is 29.1 Å². The van der Waals surface area contributed by atoms with E-state index in [9.17, 15) is 9.59 Å². The lowest BCUT2D eigenvalue weighted by atomic mass is 9.94. The van der Waals surface area contributed by atoms with Crippen LogP contribution in [0.5, 0.6) is 0 Å². The fraction of sp³-hybridized carbons (Fsp3) is 0.643. The molecule has 1 amide bonds. The van der Waals surface area contributed by atoms with Crippen molar-refractivity contribution in [3.8, 4) is 0 Å². The molecule has 0 radical (unpaired) electrons. The van der Waals surface area contributed by atoms with Crippen molar-refractivity contribution in [1.29, 1.82) is 0 Å². The second kappa shape index (κ2) is 6.65. The molecule has 0 aromatic carbocycles. The SMILES string of the molecule is CCC(C)(CCO)NC(=O)Cc1c(C)nc(=O)[nH]c1C. The molecule has 1 rings (SSSR count). The molecule has 1 unspecified atom stereocenters. The molecule has 1 atom stereocenters. The Balaban J connectivity index is 2.84. The van der Waals surface area contributed by atoms with E-state index in [-0.39, 0.29) is 18.9 Å². The average molecular weight is 281 g/mol. The zero-order valence-electron chi connectivity index (χ0n) is 12.5. The molecular weight excluding hydrogens is 258 g/mol. The van der Waals surface area contributed by atoms with E-state index >= 15 is 0 Å². The molecule has 1 heterocycles. The number of aliphatic hydroxyl groups is 1. The summed E-state index contributed by atoms with van der Waals surface area (Å²) in [7, 11) is 0. The van der Waals surface area contributed by atoms with E-state index in [1.165, 1.54) is 0 Å². The van der Waals surface area contributed by atoms with Crippen molar-refractivity contribution in [2.24, 2.45) is 0 Å². The molecule has 0 saturated carbocycles. The highest BCUT2D eigenvalue weighted by atomic mass is 16.3. The van der Waals surface area contributed by atoms with E-state index in [4.69, 9.17) is 5.11 Å². The van der Waals surface area contributed by atoms with Gasteiger partial charge in [0.25, 0.3) is 0 Å². The monoisotopic (exact) mass is 281 g/mol. The van der Waals surface area contributed by atoms with Gasteiger partial charge in [-0.3, -0.25) is 4.79 Å². The molecule has 20 heavy (non-hydrogen) atoms. The molecule has 3 N–H and O–H groups in total. The molecule has 112 valence electrons. The second-order valence-corrected chi connectivity index (χ2v) is 5.34. The topological polar surface area (TPSA) is 95.1 Å². The standard InChI is InChI=1S/C14H23N3O3/c1-5-14(4,6-7-18)17-12(19)8-11-9(2)15-13(20)16-10(11)3/h18H,5-8H2,1-4H3,(H,17,19)(H,15,16,20). The Hall–Kier alpha value is -1.69. The van der Waals surface area contributed by atoms with Crippen LogP contribution in [0.3, 0.4) is 0 Å². The van der Waals surface area contributed by atoms with Crippen molar-refractivity contribution in [2.75, 3.05) is 6.61 Å². The minimum absolute atomic E-state index is 0.0306. The van der Waals surface area contributed by atoms with Crippen LogP contribution in [-0.4, -0.2) is 33.1 Å². The lowest BCUT2D eigenvalue weighted by Gasteiger charge is -2.29. The lowest BCUT2D eigenvalue weighted by molar-refractivity contribution is -0.122. The molecule has 1 aromatic rings. The number of rotatable bonds is 6. The van der Waals surface area contributed by atoms with Crippen molar-refractivity contribution >= 4 is 5.91 Å². The maximum Gasteiger partial charge on any atom is 0.345 e. The highest BCUT2D eigenvalue weighted by Crippen LogP contribution is 2.15. The Kier molecular flexibility index (Phi) is 5.44. The number of aromatic nitrogens is 2. The Bertz CT molecular complexity index is 513. The first kappa shape index (κ1) is 16.4. The Morgan fingerprint density at radius 1 is 1.45 bits per heavy atom. The van der Waals surface area contributed by atoms with Gasteiger partial charge in [-0.15, -0.1) is 0 Å². The summed E-state index contributed by atoms with van der Waals surface area (Å²) in [5.74, 6) is -0.136. The van der Waals surface area contributed by atoms with E-state index < -0.39 is 11.2 Å². The summed E-state index contributed by atoms with van der Waals surface area (Å²) in [5, 5.41) is 12.0. The molecule has 0 saturated heterocycles. The maximum absolute atomic E-state index is 12.1. The number of nitrogens with one attached hydrogen (secondary N) is 2. The van der Waals surface area contributed by atoms with Gasteiger partial charge in [-0.05, 0) is 33.6 Å². The summed E-state index contributed by atoms with van der Waals surface area (Å²) in [6, 6.07) is 0. The number of H-pyrrole nitrogens is 1. The highest BCUT2D eigenvalue weighted by molar-refractivity contribution is 5.79. The quantitative estimate of drug-likeness (QED) is 0.711. The summed E-state index contributed by atoms with van der Waals surface area (Å²) >= 11 is 0. The predicted octanol–water partition coefficient (Wildman–Crippen LogP) is 0.597. The molecule has 0 aliphatic rings. The molecular formula is C14H23N3O3. The van der Waals surface area contributed by atoms with Crippen LogP contribution in [0.1, 0.15) is 43.6 Å². The van der Waals surface area contributed by atoms with Gasteiger partial charge >= 0.3 is 5.69 Å². The molecule has 6 heteroatoms. The van der Waals surface area contributed by atoms with Crippen molar-refractivity contribution in [3.63, 3.8) is 0 Å². The third-order valence-corrected chi connectivity index (χ3v) is 3.68. The van der Waals surface area contributed by atoms with Crippen LogP contribution in [0.4, 0.5) is 0 Å². The first-order valence-electron chi connectivity index (χ1n) is 6.79. The van der Waals surface area contributed by atoms with Crippen LogP contribution in [0.25, 0.3) is 0 Å².